The van der Waals surface area contributed by atoms with Crippen LogP contribution in [0.2, 0.25) is 24.3 Å². The number of hydrogen-bond acceptors (Lipinski definition) is 0. The van der Waals surface area contributed by atoms with Crippen molar-refractivity contribution in [3.8, 4) is 0 Å². The van der Waals surface area contributed by atoms with E-state index in [9.17, 15) is 0 Å². The molecular formula is C22H30Cl2Si2Zr. The first-order chi connectivity index (χ1) is 11.7. The molecule has 0 N–H and O–H groups in total. The van der Waals surface area contributed by atoms with E-state index >= 15 is 0 Å². The van der Waals surface area contributed by atoms with Crippen molar-refractivity contribution in [1.82, 2.24) is 0 Å². The summed E-state index contributed by atoms with van der Waals surface area (Å²) >= 11 is -3.25. The molecule has 0 nitrogen and oxygen atoms in total. The van der Waals surface area contributed by atoms with Gasteiger partial charge in [0, 0.05) is 0 Å². The van der Waals surface area contributed by atoms with Gasteiger partial charge in [0.25, 0.3) is 0 Å². The summed E-state index contributed by atoms with van der Waals surface area (Å²) in [5, 5.41) is -1.38. The van der Waals surface area contributed by atoms with Crippen molar-refractivity contribution in [2.45, 2.75) is 31.5 Å². The van der Waals surface area contributed by atoms with E-state index in [1.165, 1.54) is 11.1 Å². The predicted molar refractivity (Wildman–Crippen MR) is 129 cm³/mol. The number of fused-ring (bicyclic) bond motifs is 2. The fraction of sp³-hybridized carbons (Fsp3) is 0.273. The summed E-state index contributed by atoms with van der Waals surface area (Å²) in [6.45, 7) is 10.4. The third-order valence-corrected chi connectivity index (χ3v) is 82.1. The van der Waals surface area contributed by atoms with Crippen molar-refractivity contribution in [3.63, 3.8) is 0 Å². The van der Waals surface area contributed by atoms with E-state index in [1.807, 2.05) is 0 Å². The smallest absolute Gasteiger partial charge is 0.147 e. The summed E-state index contributed by atoms with van der Waals surface area (Å²) < 4.78 is 4.13. The van der Waals surface area contributed by atoms with Gasteiger partial charge in [0.1, 0.15) is 0 Å². The minimum absolute atomic E-state index is 0. The molecule has 0 saturated heterocycles. The van der Waals surface area contributed by atoms with Crippen LogP contribution in [0.15, 0.2) is 60.7 Å². The molecule has 0 spiro atoms. The fourth-order valence-corrected chi connectivity index (χ4v) is 37.5. The van der Waals surface area contributed by atoms with Gasteiger partial charge < -0.3 is 0 Å². The Hall–Kier alpha value is -0.183. The zero-order valence-electron chi connectivity index (χ0n) is 16.6. The van der Waals surface area contributed by atoms with Crippen LogP contribution in [0.3, 0.4) is 0 Å². The van der Waals surface area contributed by atoms with Crippen molar-refractivity contribution < 1.29 is 16.6 Å². The maximum absolute atomic E-state index is 3.25. The molecular weight excluding hydrogens is 483 g/mol. The second-order valence-electron chi connectivity index (χ2n) is 9.40. The largest absolute Gasteiger partial charge is 0.147 e. The Labute approximate surface area is 178 Å². The number of allylic oxidation sites excluding steroid dienone is 2. The van der Waals surface area contributed by atoms with E-state index in [1.54, 1.807) is 11.1 Å². The Morgan fingerprint density at radius 1 is 0.741 bits per heavy atom. The summed E-state index contributed by atoms with van der Waals surface area (Å²) in [5.41, 5.74) is 6.11. The van der Waals surface area contributed by atoms with Crippen LogP contribution >= 0.6 is 24.8 Å². The summed E-state index contributed by atoms with van der Waals surface area (Å²) in [6, 6.07) is 18.2. The maximum atomic E-state index is 2.79. The van der Waals surface area contributed by atoms with Gasteiger partial charge in [0.15, 0.2) is 0 Å². The number of hydrogen-bond donors (Lipinski definition) is 0. The van der Waals surface area contributed by atoms with Crippen LogP contribution in [0.5, 0.6) is 0 Å². The molecule has 27 heavy (non-hydrogen) atoms. The second kappa shape index (κ2) is 7.57. The third kappa shape index (κ3) is 3.18. The van der Waals surface area contributed by atoms with Gasteiger partial charge in [-0.15, -0.1) is 24.8 Å². The van der Waals surface area contributed by atoms with Crippen LogP contribution in [0.4, 0.5) is 0 Å². The molecule has 2 atom stereocenters. The predicted octanol–water partition coefficient (Wildman–Crippen LogP) is 6.49. The quantitative estimate of drug-likeness (QED) is 0.413. The molecule has 0 aliphatic heterocycles. The Morgan fingerprint density at radius 2 is 1.11 bits per heavy atom. The minimum Gasteiger partial charge on any atom is -0.147 e. The van der Waals surface area contributed by atoms with Crippen molar-refractivity contribution in [3.05, 3.63) is 82.9 Å². The first-order valence-corrected chi connectivity index (χ1v) is 27.7. The monoisotopic (exact) mass is 510 g/mol. The van der Waals surface area contributed by atoms with E-state index in [0.29, 0.717) is 7.25 Å². The van der Waals surface area contributed by atoms with Crippen molar-refractivity contribution in [2.24, 2.45) is 0 Å². The van der Waals surface area contributed by atoms with Gasteiger partial charge in [-0.05, 0) is 0 Å². The average Bonchev–Trinajstić information content (AvgIpc) is 3.19. The SMILES string of the molecule is C[Si](C)(C)[Zr]([CH3])(=[SiH2])([CH]1C=Cc2ccccc21)[CH]1C=Cc2ccccc21.Cl.Cl. The molecule has 2 unspecified atom stereocenters. The van der Waals surface area contributed by atoms with Gasteiger partial charge in [-0.1, -0.05) is 0 Å². The van der Waals surface area contributed by atoms with Gasteiger partial charge in [0.2, 0.25) is 0 Å². The van der Waals surface area contributed by atoms with E-state index in [0.717, 1.165) is 0 Å². The molecule has 2 aromatic rings. The van der Waals surface area contributed by atoms with E-state index in [-0.39, 0.29) is 24.8 Å². The summed E-state index contributed by atoms with van der Waals surface area (Å²) in [6.07, 6.45) is 9.96. The van der Waals surface area contributed by atoms with Crippen LogP contribution in [0, 0.1) is 0 Å². The molecule has 2 aromatic carbocycles. The average molecular weight is 513 g/mol. The topological polar surface area (TPSA) is 0 Å². The van der Waals surface area contributed by atoms with Gasteiger partial charge in [-0.25, -0.2) is 0 Å². The Kier molecular flexibility index (Phi) is 6.48. The van der Waals surface area contributed by atoms with E-state index < -0.39 is 21.8 Å². The second-order valence-corrected chi connectivity index (χ2v) is 62.7. The molecule has 0 fully saturated rings. The van der Waals surface area contributed by atoms with Gasteiger partial charge >= 0.3 is 155 Å². The first-order valence-electron chi connectivity index (χ1n) is 9.32. The normalized spacial score (nSPS) is 20.5. The van der Waals surface area contributed by atoms with Crippen molar-refractivity contribution in [1.29, 1.82) is 0 Å². The molecule has 0 amide bonds. The van der Waals surface area contributed by atoms with Crippen LogP contribution in [0.1, 0.15) is 29.5 Å². The first kappa shape index (κ1) is 23.1. The zero-order chi connectivity index (χ0) is 17.9. The van der Waals surface area contributed by atoms with Crippen molar-refractivity contribution in [2.75, 3.05) is 0 Å². The van der Waals surface area contributed by atoms with Gasteiger partial charge in [-0.2, -0.15) is 0 Å². The number of benzene rings is 2. The minimum atomic E-state index is -3.25. The standard InChI is InChI=1S/2C9H7.C3H9Si.CH3.2ClH.H2Si.Zr/c2*1-2-5-9-7-3-6-8(9)4-1;1-4(2)3;;;;;/h2*1-7H;1-3H3;1H3;2*1H;1H2;. The van der Waals surface area contributed by atoms with Crippen LogP contribution < -0.4 is 0 Å². The van der Waals surface area contributed by atoms with Crippen LogP contribution in [-0.4, -0.2) is 12.1 Å². The molecule has 2 aliphatic carbocycles. The fourth-order valence-electron chi connectivity index (χ4n) is 5.03. The van der Waals surface area contributed by atoms with Crippen molar-refractivity contribution >= 4 is 49.0 Å². The summed E-state index contributed by atoms with van der Waals surface area (Å²) in [7, 11) is 0. The number of halogens is 2. The molecule has 144 valence electrons. The third-order valence-electron chi connectivity index (χ3n) is 7.48. The van der Waals surface area contributed by atoms with Crippen LogP contribution in [0.25, 0.3) is 12.2 Å². The molecule has 5 heteroatoms. The van der Waals surface area contributed by atoms with E-state index in [2.05, 4.69) is 104 Å². The molecule has 2 aliphatic rings. The number of rotatable bonds is 3. The summed E-state index contributed by atoms with van der Waals surface area (Å²) in [4.78, 5) is 0. The molecule has 0 saturated carbocycles. The van der Waals surface area contributed by atoms with Gasteiger partial charge in [0.05, 0.1) is 0 Å². The Morgan fingerprint density at radius 3 is 1.48 bits per heavy atom. The molecule has 0 bridgehead atoms. The Bertz CT molecular complexity index is 920. The molecule has 0 aromatic heterocycles. The molecule has 4 rings (SSSR count). The zero-order valence-corrected chi connectivity index (χ0v) is 23.1. The van der Waals surface area contributed by atoms with Crippen LogP contribution in [-0.2, 0) is 16.6 Å². The molecule has 0 heterocycles. The van der Waals surface area contributed by atoms with Gasteiger partial charge in [-0.3, -0.25) is 0 Å². The molecule has 0 radical (unpaired) electrons. The maximum Gasteiger partial charge on any atom is -0.147 e. The summed E-state index contributed by atoms with van der Waals surface area (Å²) in [5.74, 6) is 0. The van der Waals surface area contributed by atoms with E-state index in [4.69, 9.17) is 0 Å². The Balaban J connectivity index is 0.00000131.